The van der Waals surface area contributed by atoms with Crippen LogP contribution >= 0.6 is 0 Å². The summed E-state index contributed by atoms with van der Waals surface area (Å²) < 4.78 is 0. The molecule has 0 aromatic rings. The van der Waals surface area contributed by atoms with Crippen LogP contribution in [0.4, 0.5) is 0 Å². The fraction of sp³-hybridized carbons (Fsp3) is 0.773. The van der Waals surface area contributed by atoms with Gasteiger partial charge in [-0.05, 0) is 37.5 Å². The summed E-state index contributed by atoms with van der Waals surface area (Å²) in [4.78, 5) is 10.4. The molecule has 5 heteroatoms. The lowest BCUT2D eigenvalue weighted by molar-refractivity contribution is -0.131. The third-order valence-corrected chi connectivity index (χ3v) is 5.58. The van der Waals surface area contributed by atoms with E-state index in [1.807, 2.05) is 6.08 Å². The van der Waals surface area contributed by atoms with E-state index in [1.165, 1.54) is 6.42 Å². The molecule has 0 aliphatic heterocycles. The minimum Gasteiger partial charge on any atom is -0.478 e. The molecule has 1 rings (SSSR count). The Hall–Kier alpha value is -1.17. The number of aliphatic hydroxyl groups is 3. The summed E-state index contributed by atoms with van der Waals surface area (Å²) >= 11 is 0. The lowest BCUT2D eigenvalue weighted by Gasteiger charge is -2.21. The Morgan fingerprint density at radius 3 is 2.59 bits per heavy atom. The number of aliphatic hydroxyl groups excluding tert-OH is 3. The first kappa shape index (κ1) is 23.9. The number of rotatable bonds is 13. The minimum atomic E-state index is -0.933. The van der Waals surface area contributed by atoms with Crippen LogP contribution < -0.4 is 0 Å². The van der Waals surface area contributed by atoms with Crippen molar-refractivity contribution in [1.82, 2.24) is 0 Å². The summed E-state index contributed by atoms with van der Waals surface area (Å²) in [7, 11) is 0. The number of carboxylic acids is 1. The van der Waals surface area contributed by atoms with Crippen LogP contribution in [0.3, 0.4) is 0 Å². The number of hydrogen-bond acceptors (Lipinski definition) is 4. The van der Waals surface area contributed by atoms with Gasteiger partial charge in [0.15, 0.2) is 0 Å². The second-order valence-electron chi connectivity index (χ2n) is 8.07. The third-order valence-electron chi connectivity index (χ3n) is 5.58. The van der Waals surface area contributed by atoms with Crippen molar-refractivity contribution in [3.8, 4) is 0 Å². The molecule has 4 N–H and O–H groups in total. The van der Waals surface area contributed by atoms with Gasteiger partial charge in [0.25, 0.3) is 0 Å². The zero-order valence-corrected chi connectivity index (χ0v) is 16.8. The number of carbonyl (C=O) groups is 1. The molecule has 27 heavy (non-hydrogen) atoms. The third kappa shape index (κ3) is 9.54. The van der Waals surface area contributed by atoms with Gasteiger partial charge in [-0.2, -0.15) is 0 Å². The highest BCUT2D eigenvalue weighted by molar-refractivity contribution is 5.79. The summed E-state index contributed by atoms with van der Waals surface area (Å²) in [5.74, 6) is -0.602. The van der Waals surface area contributed by atoms with E-state index in [1.54, 1.807) is 12.2 Å². The van der Waals surface area contributed by atoms with Crippen LogP contribution in [0.25, 0.3) is 0 Å². The normalized spacial score (nSPS) is 28.2. The van der Waals surface area contributed by atoms with Gasteiger partial charge in [0.05, 0.1) is 18.3 Å². The van der Waals surface area contributed by atoms with E-state index in [0.29, 0.717) is 18.8 Å². The van der Waals surface area contributed by atoms with Crippen molar-refractivity contribution in [1.29, 1.82) is 0 Å². The van der Waals surface area contributed by atoms with E-state index in [4.69, 9.17) is 5.11 Å². The Morgan fingerprint density at radius 1 is 1.19 bits per heavy atom. The zero-order chi connectivity index (χ0) is 20.2. The highest BCUT2D eigenvalue weighted by atomic mass is 16.4. The van der Waals surface area contributed by atoms with Gasteiger partial charge < -0.3 is 20.4 Å². The molecule has 0 spiro atoms. The van der Waals surface area contributed by atoms with Gasteiger partial charge in [0.2, 0.25) is 0 Å². The summed E-state index contributed by atoms with van der Waals surface area (Å²) in [6.45, 7) is 4.32. The molecule has 0 bridgehead atoms. The maximum atomic E-state index is 10.4. The summed E-state index contributed by atoms with van der Waals surface area (Å²) in [5.41, 5.74) is 0. The Morgan fingerprint density at radius 2 is 1.93 bits per heavy atom. The molecule has 0 amide bonds. The van der Waals surface area contributed by atoms with Crippen molar-refractivity contribution < 1.29 is 25.2 Å². The van der Waals surface area contributed by atoms with Crippen LogP contribution in [0.15, 0.2) is 24.3 Å². The Kier molecular flexibility index (Phi) is 11.6. The van der Waals surface area contributed by atoms with Crippen molar-refractivity contribution in [2.75, 3.05) is 0 Å². The van der Waals surface area contributed by atoms with E-state index >= 15 is 0 Å². The molecular weight excluding hydrogens is 344 g/mol. The molecule has 0 aromatic carbocycles. The van der Waals surface area contributed by atoms with E-state index in [0.717, 1.165) is 44.6 Å². The molecule has 0 heterocycles. The minimum absolute atomic E-state index is 0.00980. The largest absolute Gasteiger partial charge is 0.478 e. The molecule has 1 fully saturated rings. The average Bonchev–Trinajstić information content (AvgIpc) is 2.87. The summed E-state index contributed by atoms with van der Waals surface area (Å²) in [5, 5.41) is 39.4. The first-order valence-corrected chi connectivity index (χ1v) is 10.5. The highest BCUT2D eigenvalue weighted by Crippen LogP contribution is 2.37. The van der Waals surface area contributed by atoms with Crippen LogP contribution in [0.2, 0.25) is 0 Å². The topological polar surface area (TPSA) is 98.0 Å². The predicted octanol–water partition coefficient (Wildman–Crippen LogP) is 3.68. The maximum Gasteiger partial charge on any atom is 0.327 e. The van der Waals surface area contributed by atoms with E-state index in [-0.39, 0.29) is 11.8 Å². The first-order valence-electron chi connectivity index (χ1n) is 10.5. The molecule has 0 saturated heterocycles. The van der Waals surface area contributed by atoms with Gasteiger partial charge in [-0.15, -0.1) is 0 Å². The highest BCUT2D eigenvalue weighted by Gasteiger charge is 2.39. The average molecular weight is 383 g/mol. The van der Waals surface area contributed by atoms with E-state index < -0.39 is 24.3 Å². The van der Waals surface area contributed by atoms with Crippen LogP contribution in [0, 0.1) is 17.8 Å². The number of carboxylic acid groups (broad SMARTS) is 1. The van der Waals surface area contributed by atoms with Gasteiger partial charge in [0, 0.05) is 18.4 Å². The molecule has 2 unspecified atom stereocenters. The second-order valence-corrected chi connectivity index (χ2v) is 8.07. The van der Waals surface area contributed by atoms with Crippen molar-refractivity contribution in [2.45, 2.75) is 89.9 Å². The van der Waals surface area contributed by atoms with Crippen LogP contribution in [0.5, 0.6) is 0 Å². The maximum absolute atomic E-state index is 10.4. The van der Waals surface area contributed by atoms with Crippen molar-refractivity contribution in [3.63, 3.8) is 0 Å². The van der Waals surface area contributed by atoms with Crippen molar-refractivity contribution in [3.05, 3.63) is 24.3 Å². The van der Waals surface area contributed by atoms with Gasteiger partial charge in [-0.25, -0.2) is 4.79 Å². The first-order chi connectivity index (χ1) is 12.8. The smallest absolute Gasteiger partial charge is 0.327 e. The molecular formula is C22H38O5. The Balaban J connectivity index is 2.46. The van der Waals surface area contributed by atoms with Crippen LogP contribution in [-0.2, 0) is 4.79 Å². The number of hydrogen-bond donors (Lipinski definition) is 4. The fourth-order valence-electron chi connectivity index (χ4n) is 4.02. The number of allylic oxidation sites excluding steroid dienone is 1. The van der Waals surface area contributed by atoms with Gasteiger partial charge in [-0.3, -0.25) is 0 Å². The standard InChI is InChI=1S/C22H38O5/c1-3-4-9-16(2)14-17(23)12-13-19-18(20(24)15-21(19)25)10-7-5-6-8-11-22(26)27/h8,11-13,16-21,23-25H,3-7,9-10,14-15H2,1-2H3,(H,26,27)/b11-8+,13-12+/t16-,17+,18+,19?,20?,21+/m0/s1. The quantitative estimate of drug-likeness (QED) is 0.221. The van der Waals surface area contributed by atoms with E-state index in [9.17, 15) is 20.1 Å². The number of unbranched alkanes of at least 4 members (excludes halogenated alkanes) is 3. The monoisotopic (exact) mass is 382 g/mol. The van der Waals surface area contributed by atoms with Crippen molar-refractivity contribution in [2.24, 2.45) is 17.8 Å². The van der Waals surface area contributed by atoms with Gasteiger partial charge in [0.1, 0.15) is 0 Å². The van der Waals surface area contributed by atoms with Crippen molar-refractivity contribution >= 4 is 5.97 Å². The Labute approximate surface area is 163 Å². The molecule has 156 valence electrons. The lowest BCUT2D eigenvalue weighted by atomic mass is 9.87. The SMILES string of the molecule is CCCC[C@H](C)C[C@H](O)/C=C/C1[C@@H](CCCC/C=C/C(=O)O)C(O)C[C@H]1O. The van der Waals surface area contributed by atoms with Crippen LogP contribution in [0.1, 0.15) is 71.6 Å². The lowest BCUT2D eigenvalue weighted by Crippen LogP contribution is -2.21. The van der Waals surface area contributed by atoms with Gasteiger partial charge >= 0.3 is 5.97 Å². The van der Waals surface area contributed by atoms with Crippen LogP contribution in [-0.4, -0.2) is 44.7 Å². The molecule has 5 nitrogen and oxygen atoms in total. The summed E-state index contributed by atoms with van der Waals surface area (Å²) in [6.07, 6.45) is 12.7. The molecule has 1 aliphatic carbocycles. The van der Waals surface area contributed by atoms with Gasteiger partial charge in [-0.1, -0.05) is 57.8 Å². The summed E-state index contributed by atoms with van der Waals surface area (Å²) in [6, 6.07) is 0. The fourth-order valence-corrected chi connectivity index (χ4v) is 4.02. The predicted molar refractivity (Wildman–Crippen MR) is 107 cm³/mol. The molecule has 0 radical (unpaired) electrons. The molecule has 1 aliphatic rings. The molecule has 1 saturated carbocycles. The second kappa shape index (κ2) is 13.1. The number of aliphatic carboxylic acids is 1. The molecule has 6 atom stereocenters. The Bertz CT molecular complexity index is 473. The molecule has 0 aromatic heterocycles. The van der Waals surface area contributed by atoms with E-state index in [2.05, 4.69) is 13.8 Å². The zero-order valence-electron chi connectivity index (χ0n) is 16.8.